The monoisotopic (exact) mass is 528 g/mol. The Kier molecular flexibility index (Phi) is 13.3. The zero-order chi connectivity index (χ0) is 26.4. The Morgan fingerprint density at radius 3 is 1.42 bits per heavy atom. The van der Waals surface area contributed by atoms with Gasteiger partial charge in [-0.25, -0.2) is 0 Å². The summed E-state index contributed by atoms with van der Waals surface area (Å²) in [5.74, 6) is 0.912. The first-order valence-corrected chi connectivity index (χ1v) is 20.6. The van der Waals surface area contributed by atoms with Crippen molar-refractivity contribution in [2.45, 2.75) is 122 Å². The Bertz CT molecular complexity index is 802. The van der Waals surface area contributed by atoms with Crippen LogP contribution >= 0.6 is 0 Å². The SMILES string of the molecule is CCCC[Si](C)(C)O[Si](C)(C)CCCCCCCCCCC(c1ccc(O)cc1)c1ccc(O)cc1. The van der Waals surface area contributed by atoms with E-state index in [1.807, 2.05) is 24.3 Å². The van der Waals surface area contributed by atoms with Crippen molar-refractivity contribution in [3.63, 3.8) is 0 Å². The summed E-state index contributed by atoms with van der Waals surface area (Å²) in [5.41, 5.74) is 2.45. The fourth-order valence-corrected chi connectivity index (χ4v) is 14.5. The van der Waals surface area contributed by atoms with E-state index >= 15 is 0 Å². The van der Waals surface area contributed by atoms with Crippen LogP contribution in [-0.2, 0) is 4.12 Å². The van der Waals surface area contributed by atoms with Gasteiger partial charge in [-0.15, -0.1) is 0 Å². The van der Waals surface area contributed by atoms with Crippen molar-refractivity contribution in [2.75, 3.05) is 0 Å². The number of hydrogen-bond donors (Lipinski definition) is 2. The van der Waals surface area contributed by atoms with Crippen molar-refractivity contribution in [2.24, 2.45) is 0 Å². The van der Waals surface area contributed by atoms with Crippen molar-refractivity contribution >= 4 is 16.6 Å². The maximum atomic E-state index is 9.67. The molecule has 0 aliphatic rings. The minimum absolute atomic E-state index is 0.302. The van der Waals surface area contributed by atoms with E-state index in [2.05, 4.69) is 33.1 Å². The Morgan fingerprint density at radius 1 is 0.583 bits per heavy atom. The van der Waals surface area contributed by atoms with Gasteiger partial charge in [0.15, 0.2) is 16.6 Å². The van der Waals surface area contributed by atoms with Crippen LogP contribution < -0.4 is 0 Å². The van der Waals surface area contributed by atoms with E-state index in [0.717, 1.165) is 6.42 Å². The van der Waals surface area contributed by atoms with Gasteiger partial charge in [-0.05, 0) is 80.1 Å². The molecule has 0 aliphatic heterocycles. The Hall–Kier alpha value is -1.57. The van der Waals surface area contributed by atoms with E-state index in [1.165, 1.54) is 87.4 Å². The van der Waals surface area contributed by atoms with Crippen LogP contribution in [0.1, 0.15) is 94.6 Å². The molecule has 2 aromatic carbocycles. The predicted octanol–water partition coefficient (Wildman–Crippen LogP) is 9.97. The summed E-state index contributed by atoms with van der Waals surface area (Å²) in [4.78, 5) is 0. The van der Waals surface area contributed by atoms with Crippen LogP contribution in [-0.4, -0.2) is 26.8 Å². The number of phenolic OH excluding ortho intramolecular Hbond substituents is 2. The zero-order valence-electron chi connectivity index (χ0n) is 23.7. The van der Waals surface area contributed by atoms with E-state index in [0.29, 0.717) is 17.4 Å². The largest absolute Gasteiger partial charge is 0.508 e. The lowest BCUT2D eigenvalue weighted by atomic mass is 9.86. The highest BCUT2D eigenvalue weighted by molar-refractivity contribution is 6.84. The Labute approximate surface area is 223 Å². The van der Waals surface area contributed by atoms with Crippen molar-refractivity contribution < 1.29 is 14.3 Å². The van der Waals surface area contributed by atoms with E-state index in [1.54, 1.807) is 24.3 Å². The summed E-state index contributed by atoms with van der Waals surface area (Å²) < 4.78 is 6.75. The summed E-state index contributed by atoms with van der Waals surface area (Å²) in [6.45, 7) is 12.0. The third-order valence-corrected chi connectivity index (χ3v) is 14.8. The molecule has 0 bridgehead atoms. The van der Waals surface area contributed by atoms with Crippen LogP contribution in [0.5, 0.6) is 11.5 Å². The summed E-state index contributed by atoms with van der Waals surface area (Å²) in [6, 6.07) is 17.8. The van der Waals surface area contributed by atoms with Gasteiger partial charge in [0, 0.05) is 5.92 Å². The number of unbranched alkanes of at least 4 members (excludes halogenated alkanes) is 8. The van der Waals surface area contributed by atoms with Gasteiger partial charge >= 0.3 is 0 Å². The molecule has 0 atom stereocenters. The standard InChI is InChI=1S/C31H52O3Si2/c1-6-7-25-35(2,3)34-36(4,5)26-15-13-11-9-8-10-12-14-16-31(27-17-21-29(32)22-18-27)28-19-23-30(33)24-20-28/h17-24,31-33H,6-16,25-26H2,1-5H3. The van der Waals surface area contributed by atoms with Gasteiger partial charge in [-0.3, -0.25) is 0 Å². The first-order chi connectivity index (χ1) is 17.1. The summed E-state index contributed by atoms with van der Waals surface area (Å²) in [7, 11) is -2.99. The molecule has 0 unspecified atom stereocenters. The van der Waals surface area contributed by atoms with Crippen molar-refractivity contribution in [3.05, 3.63) is 59.7 Å². The lowest BCUT2D eigenvalue weighted by Crippen LogP contribution is -2.44. The Morgan fingerprint density at radius 2 is 0.972 bits per heavy atom. The quantitative estimate of drug-likeness (QED) is 0.149. The van der Waals surface area contributed by atoms with Crippen LogP contribution in [0.25, 0.3) is 0 Å². The molecule has 0 aliphatic carbocycles. The minimum atomic E-state index is -1.51. The molecular weight excluding hydrogens is 477 g/mol. The van der Waals surface area contributed by atoms with Crippen LogP contribution in [0.4, 0.5) is 0 Å². The molecule has 36 heavy (non-hydrogen) atoms. The average Bonchev–Trinajstić information content (AvgIpc) is 2.82. The molecule has 3 nitrogen and oxygen atoms in total. The maximum absolute atomic E-state index is 9.67. The fourth-order valence-electron chi connectivity index (χ4n) is 5.35. The molecule has 0 heterocycles. The maximum Gasteiger partial charge on any atom is 0.173 e. The van der Waals surface area contributed by atoms with E-state index in [9.17, 15) is 10.2 Å². The predicted molar refractivity (Wildman–Crippen MR) is 160 cm³/mol. The van der Waals surface area contributed by atoms with Crippen molar-refractivity contribution in [3.8, 4) is 11.5 Å². The van der Waals surface area contributed by atoms with Gasteiger partial charge in [-0.2, -0.15) is 0 Å². The first-order valence-electron chi connectivity index (χ1n) is 14.4. The smallest absolute Gasteiger partial charge is 0.173 e. The van der Waals surface area contributed by atoms with Crippen molar-refractivity contribution in [1.29, 1.82) is 0 Å². The second-order valence-corrected chi connectivity index (χ2v) is 20.7. The van der Waals surface area contributed by atoms with Crippen LogP contribution in [0.3, 0.4) is 0 Å². The molecule has 0 aromatic heterocycles. The van der Waals surface area contributed by atoms with Gasteiger partial charge in [0.25, 0.3) is 0 Å². The molecule has 0 saturated carbocycles. The van der Waals surface area contributed by atoms with E-state index in [4.69, 9.17) is 4.12 Å². The number of rotatable bonds is 18. The number of hydrogen-bond acceptors (Lipinski definition) is 3. The van der Waals surface area contributed by atoms with Gasteiger partial charge in [-0.1, -0.05) is 95.4 Å². The van der Waals surface area contributed by atoms with E-state index in [-0.39, 0.29) is 0 Å². The highest BCUT2D eigenvalue weighted by Gasteiger charge is 2.31. The summed E-state index contributed by atoms with van der Waals surface area (Å²) >= 11 is 0. The Balaban J connectivity index is 1.63. The molecule has 0 amide bonds. The average molecular weight is 529 g/mol. The van der Waals surface area contributed by atoms with Gasteiger partial charge in [0.2, 0.25) is 0 Å². The molecular formula is C31H52O3Si2. The highest BCUT2D eigenvalue weighted by Crippen LogP contribution is 2.32. The topological polar surface area (TPSA) is 49.7 Å². The normalized spacial score (nSPS) is 12.4. The summed E-state index contributed by atoms with van der Waals surface area (Å²) in [6.07, 6.45) is 14.2. The lowest BCUT2D eigenvalue weighted by molar-refractivity contribution is 0.474. The second-order valence-electron chi connectivity index (χ2n) is 11.8. The molecule has 2 N–H and O–H groups in total. The highest BCUT2D eigenvalue weighted by atomic mass is 28.4. The molecule has 2 aromatic rings. The molecule has 0 spiro atoms. The molecule has 2 rings (SSSR count). The van der Waals surface area contributed by atoms with Crippen molar-refractivity contribution in [1.82, 2.24) is 0 Å². The number of phenols is 2. The van der Waals surface area contributed by atoms with Gasteiger partial charge in [0.05, 0.1) is 0 Å². The lowest BCUT2D eigenvalue weighted by Gasteiger charge is -2.34. The van der Waals surface area contributed by atoms with Crippen LogP contribution in [0.15, 0.2) is 48.5 Å². The van der Waals surface area contributed by atoms with E-state index < -0.39 is 16.6 Å². The fraction of sp³-hybridized carbons (Fsp3) is 0.613. The zero-order valence-corrected chi connectivity index (χ0v) is 25.7. The number of benzene rings is 2. The molecule has 0 saturated heterocycles. The van der Waals surface area contributed by atoms with Gasteiger partial charge < -0.3 is 14.3 Å². The first kappa shape index (κ1) is 30.7. The number of aromatic hydroxyl groups is 2. The van der Waals surface area contributed by atoms with Gasteiger partial charge in [0.1, 0.15) is 11.5 Å². The molecule has 0 fully saturated rings. The van der Waals surface area contributed by atoms with Crippen LogP contribution in [0, 0.1) is 0 Å². The second kappa shape index (κ2) is 15.6. The third kappa shape index (κ3) is 12.1. The van der Waals surface area contributed by atoms with Crippen LogP contribution in [0.2, 0.25) is 38.3 Å². The molecule has 0 radical (unpaired) electrons. The third-order valence-electron chi connectivity index (χ3n) is 7.30. The molecule has 5 heteroatoms. The minimum Gasteiger partial charge on any atom is -0.508 e. The summed E-state index contributed by atoms with van der Waals surface area (Å²) in [5, 5.41) is 19.3. The molecule has 202 valence electrons.